The Labute approximate surface area is 157 Å². The molecule has 2 aromatic rings. The summed E-state index contributed by atoms with van der Waals surface area (Å²) < 4.78 is 21.8. The van der Waals surface area contributed by atoms with Crippen molar-refractivity contribution in [2.75, 3.05) is 12.0 Å². The lowest BCUT2D eigenvalue weighted by molar-refractivity contribution is -0.136. The summed E-state index contributed by atoms with van der Waals surface area (Å²) in [7, 11) is -2.67. The van der Waals surface area contributed by atoms with Crippen molar-refractivity contribution in [1.82, 2.24) is 0 Å². The van der Waals surface area contributed by atoms with Crippen LogP contribution in [0.15, 0.2) is 35.7 Å². The number of thiophene rings is 1. The standard InChI is InChI=1S/C8H6S.C4H10O2S.C3H6O2.2C2H6/c1-2-4-8-7(3-1)5-6-9-8;1-3-4-7(2,5)6;1-2-3(4)5;2*1-2/h1-6H;3-4H2,1-2H3;2H2,1H3,(H,4,5);2*1-2H3. The fourth-order valence-corrected chi connectivity index (χ4v) is 2.81. The second kappa shape index (κ2) is 18.9. The molecular formula is C19H34O4S2. The Morgan fingerprint density at radius 2 is 1.52 bits per heavy atom. The van der Waals surface area contributed by atoms with Crippen LogP contribution >= 0.6 is 11.3 Å². The number of benzene rings is 1. The smallest absolute Gasteiger partial charge is 0.303 e. The van der Waals surface area contributed by atoms with Gasteiger partial charge in [0.25, 0.3) is 0 Å². The molecule has 0 aliphatic carbocycles. The van der Waals surface area contributed by atoms with Gasteiger partial charge in [-0.2, -0.15) is 0 Å². The second-order valence-electron chi connectivity index (χ2n) is 4.34. The minimum atomic E-state index is -2.67. The molecule has 0 aliphatic heterocycles. The highest BCUT2D eigenvalue weighted by Gasteiger charge is 1.95. The SMILES string of the molecule is CC.CC.CCC(=O)O.CCCS(C)(=O)=O.c1ccc2sccc2c1. The summed E-state index contributed by atoms with van der Waals surface area (Å²) in [6.07, 6.45) is 2.19. The van der Waals surface area contributed by atoms with Crippen molar-refractivity contribution in [2.24, 2.45) is 0 Å². The highest BCUT2D eigenvalue weighted by atomic mass is 32.2. The van der Waals surface area contributed by atoms with Crippen molar-refractivity contribution in [3.63, 3.8) is 0 Å². The number of rotatable bonds is 3. The predicted octanol–water partition coefficient (Wildman–Crippen LogP) is 5.88. The van der Waals surface area contributed by atoms with Gasteiger partial charge in [0.2, 0.25) is 0 Å². The van der Waals surface area contributed by atoms with E-state index in [1.165, 1.54) is 16.3 Å². The molecular weight excluding hydrogens is 356 g/mol. The van der Waals surface area contributed by atoms with E-state index in [1.54, 1.807) is 18.3 Å². The Morgan fingerprint density at radius 3 is 1.84 bits per heavy atom. The average Bonchev–Trinajstić information content (AvgIpc) is 3.07. The molecule has 0 saturated carbocycles. The molecule has 1 aromatic heterocycles. The van der Waals surface area contributed by atoms with Crippen LogP contribution in [0.5, 0.6) is 0 Å². The third-order valence-corrected chi connectivity index (χ3v) is 4.29. The number of hydrogen-bond donors (Lipinski definition) is 1. The summed E-state index contributed by atoms with van der Waals surface area (Å²) in [6, 6.07) is 10.5. The molecule has 2 rings (SSSR count). The zero-order chi connectivity index (χ0) is 20.3. The number of carbonyl (C=O) groups is 1. The first kappa shape index (κ1) is 28.4. The van der Waals surface area contributed by atoms with Crippen LogP contribution < -0.4 is 0 Å². The molecule has 1 heterocycles. The molecule has 1 N–H and O–H groups in total. The van der Waals surface area contributed by atoms with E-state index in [9.17, 15) is 13.2 Å². The van der Waals surface area contributed by atoms with Crippen LogP contribution in [-0.2, 0) is 14.6 Å². The molecule has 146 valence electrons. The van der Waals surface area contributed by atoms with Gasteiger partial charge in [0, 0.05) is 23.1 Å². The lowest BCUT2D eigenvalue weighted by Gasteiger charge is -1.87. The maximum absolute atomic E-state index is 10.2. The van der Waals surface area contributed by atoms with Crippen LogP contribution in [0.1, 0.15) is 54.4 Å². The Bertz CT molecular complexity index is 601. The van der Waals surface area contributed by atoms with Crippen molar-refractivity contribution in [3.05, 3.63) is 35.7 Å². The number of hydrogen-bond acceptors (Lipinski definition) is 4. The van der Waals surface area contributed by atoms with Gasteiger partial charge in [0.05, 0.1) is 0 Å². The summed E-state index contributed by atoms with van der Waals surface area (Å²) in [5, 5.41) is 11.2. The summed E-state index contributed by atoms with van der Waals surface area (Å²) >= 11 is 1.79. The van der Waals surface area contributed by atoms with E-state index in [-0.39, 0.29) is 6.42 Å². The molecule has 0 atom stereocenters. The van der Waals surface area contributed by atoms with E-state index in [0.717, 1.165) is 6.42 Å². The fraction of sp³-hybridized carbons (Fsp3) is 0.526. The molecule has 1 aromatic carbocycles. The summed E-state index contributed by atoms with van der Waals surface area (Å²) in [5.74, 6) is -0.433. The fourth-order valence-electron chi connectivity index (χ4n) is 1.28. The van der Waals surface area contributed by atoms with Crippen molar-refractivity contribution in [2.45, 2.75) is 54.4 Å². The van der Waals surface area contributed by atoms with Gasteiger partial charge in [-0.15, -0.1) is 11.3 Å². The summed E-state index contributed by atoms with van der Waals surface area (Å²) in [6.45, 7) is 11.4. The topological polar surface area (TPSA) is 71.4 Å². The highest BCUT2D eigenvalue weighted by molar-refractivity contribution is 7.90. The first-order chi connectivity index (χ1) is 11.8. The van der Waals surface area contributed by atoms with Crippen LogP contribution in [0.4, 0.5) is 0 Å². The van der Waals surface area contributed by atoms with E-state index in [2.05, 4.69) is 35.7 Å². The van der Waals surface area contributed by atoms with E-state index >= 15 is 0 Å². The lowest BCUT2D eigenvalue weighted by atomic mass is 10.3. The van der Waals surface area contributed by atoms with Gasteiger partial charge in [0.1, 0.15) is 9.84 Å². The molecule has 0 spiro atoms. The van der Waals surface area contributed by atoms with Gasteiger partial charge in [0.15, 0.2) is 0 Å². The minimum absolute atomic E-state index is 0.222. The third-order valence-electron chi connectivity index (χ3n) is 2.24. The zero-order valence-electron chi connectivity index (χ0n) is 16.6. The van der Waals surface area contributed by atoms with Crippen LogP contribution in [0.3, 0.4) is 0 Å². The first-order valence-corrected chi connectivity index (χ1v) is 11.6. The monoisotopic (exact) mass is 390 g/mol. The molecule has 0 bridgehead atoms. The van der Waals surface area contributed by atoms with E-state index in [4.69, 9.17) is 5.11 Å². The maximum Gasteiger partial charge on any atom is 0.303 e. The second-order valence-corrected chi connectivity index (χ2v) is 7.54. The molecule has 0 amide bonds. The van der Waals surface area contributed by atoms with Crippen molar-refractivity contribution >= 4 is 37.2 Å². The van der Waals surface area contributed by atoms with E-state index in [0.29, 0.717) is 5.75 Å². The zero-order valence-corrected chi connectivity index (χ0v) is 18.2. The quantitative estimate of drug-likeness (QED) is 0.711. The Morgan fingerprint density at radius 1 is 1.04 bits per heavy atom. The lowest BCUT2D eigenvalue weighted by Crippen LogP contribution is -2.00. The first-order valence-electron chi connectivity index (χ1n) is 8.61. The van der Waals surface area contributed by atoms with Crippen LogP contribution in [-0.4, -0.2) is 31.5 Å². The Hall–Kier alpha value is -1.40. The van der Waals surface area contributed by atoms with Gasteiger partial charge in [-0.25, -0.2) is 8.42 Å². The summed E-state index contributed by atoms with van der Waals surface area (Å²) in [4.78, 5) is 9.37. The van der Waals surface area contributed by atoms with Crippen LogP contribution in [0.25, 0.3) is 10.1 Å². The number of fused-ring (bicyclic) bond motifs is 1. The highest BCUT2D eigenvalue weighted by Crippen LogP contribution is 2.18. The molecule has 4 nitrogen and oxygen atoms in total. The number of aliphatic carboxylic acids is 1. The summed E-state index contributed by atoms with van der Waals surface area (Å²) in [5.41, 5.74) is 0. The van der Waals surface area contributed by atoms with Gasteiger partial charge in [-0.3, -0.25) is 4.79 Å². The van der Waals surface area contributed by atoms with Crippen LogP contribution in [0.2, 0.25) is 0 Å². The van der Waals surface area contributed by atoms with Crippen LogP contribution in [0, 0.1) is 0 Å². The van der Waals surface area contributed by atoms with Gasteiger partial charge >= 0.3 is 5.97 Å². The predicted molar refractivity (Wildman–Crippen MR) is 112 cm³/mol. The third kappa shape index (κ3) is 20.6. The number of sulfone groups is 1. The van der Waals surface area contributed by atoms with Crippen molar-refractivity contribution < 1.29 is 18.3 Å². The van der Waals surface area contributed by atoms with Gasteiger partial charge < -0.3 is 5.11 Å². The maximum atomic E-state index is 10.2. The Balaban J connectivity index is -0.000000274. The van der Waals surface area contributed by atoms with Crippen molar-refractivity contribution in [1.29, 1.82) is 0 Å². The molecule has 25 heavy (non-hydrogen) atoms. The minimum Gasteiger partial charge on any atom is -0.481 e. The molecule has 6 heteroatoms. The molecule has 0 radical (unpaired) electrons. The number of carboxylic acid groups (broad SMARTS) is 1. The number of carboxylic acids is 1. The molecule has 0 fully saturated rings. The van der Waals surface area contributed by atoms with Crippen molar-refractivity contribution in [3.8, 4) is 0 Å². The molecule has 0 saturated heterocycles. The molecule has 0 unspecified atom stereocenters. The normalized spacial score (nSPS) is 8.92. The largest absolute Gasteiger partial charge is 0.481 e. The van der Waals surface area contributed by atoms with Gasteiger partial charge in [-0.05, 0) is 29.3 Å². The van der Waals surface area contributed by atoms with Gasteiger partial charge in [-0.1, -0.05) is 59.7 Å². The average molecular weight is 391 g/mol. The molecule has 0 aliphatic rings. The Kier molecular flexibility index (Phi) is 21.5. The van der Waals surface area contributed by atoms with E-state index < -0.39 is 15.8 Å². The van der Waals surface area contributed by atoms with E-state index in [1.807, 2.05) is 34.6 Å².